The van der Waals surface area contributed by atoms with Gasteiger partial charge in [-0.3, -0.25) is 9.59 Å². The molecule has 0 bridgehead atoms. The quantitative estimate of drug-likeness (QED) is 0.848. The molecule has 0 saturated heterocycles. The SMILES string of the molecule is CC(C)C(C)(CC(=O)O)NC(=O)Cc1ccc(F)cc1F. The van der Waals surface area contributed by atoms with Gasteiger partial charge in [-0.2, -0.15) is 0 Å². The molecule has 1 amide bonds. The number of carboxylic acids is 1. The Morgan fingerprint density at radius 2 is 1.95 bits per heavy atom. The van der Waals surface area contributed by atoms with Crippen LogP contribution in [0.15, 0.2) is 18.2 Å². The molecule has 21 heavy (non-hydrogen) atoms. The van der Waals surface area contributed by atoms with Gasteiger partial charge in [0.15, 0.2) is 0 Å². The van der Waals surface area contributed by atoms with E-state index in [1.165, 1.54) is 6.07 Å². The zero-order valence-electron chi connectivity index (χ0n) is 12.2. The van der Waals surface area contributed by atoms with E-state index in [4.69, 9.17) is 5.11 Å². The van der Waals surface area contributed by atoms with Crippen molar-refractivity contribution in [2.45, 2.75) is 39.2 Å². The number of aliphatic carboxylic acids is 1. The Hall–Kier alpha value is -1.98. The standard InChI is InChI=1S/C15H19F2NO3/c1-9(2)15(3,8-14(20)21)18-13(19)6-10-4-5-11(16)7-12(10)17/h4-5,7,9H,6,8H2,1-3H3,(H,18,19)(H,20,21). The van der Waals surface area contributed by atoms with Gasteiger partial charge in [0.25, 0.3) is 0 Å². The summed E-state index contributed by atoms with van der Waals surface area (Å²) in [5, 5.41) is 11.6. The van der Waals surface area contributed by atoms with Gasteiger partial charge < -0.3 is 10.4 Å². The number of amides is 1. The van der Waals surface area contributed by atoms with Crippen LogP contribution in [0, 0.1) is 17.6 Å². The molecule has 0 heterocycles. The van der Waals surface area contributed by atoms with Crippen LogP contribution in [-0.2, 0) is 16.0 Å². The van der Waals surface area contributed by atoms with Crippen molar-refractivity contribution in [2.24, 2.45) is 5.92 Å². The van der Waals surface area contributed by atoms with Gasteiger partial charge in [0.2, 0.25) is 5.91 Å². The highest BCUT2D eigenvalue weighted by Gasteiger charge is 2.32. The third-order valence-corrected chi connectivity index (χ3v) is 3.58. The number of rotatable bonds is 6. The number of benzene rings is 1. The molecule has 1 atom stereocenters. The fourth-order valence-corrected chi connectivity index (χ4v) is 1.91. The summed E-state index contributed by atoms with van der Waals surface area (Å²) in [6, 6.07) is 2.99. The monoisotopic (exact) mass is 299 g/mol. The largest absolute Gasteiger partial charge is 0.481 e. The Balaban J connectivity index is 2.81. The summed E-state index contributed by atoms with van der Waals surface area (Å²) < 4.78 is 26.3. The van der Waals surface area contributed by atoms with Crippen LogP contribution < -0.4 is 5.32 Å². The van der Waals surface area contributed by atoms with E-state index in [2.05, 4.69) is 5.32 Å². The molecule has 0 saturated carbocycles. The van der Waals surface area contributed by atoms with Crippen LogP contribution in [-0.4, -0.2) is 22.5 Å². The molecule has 6 heteroatoms. The highest BCUT2D eigenvalue weighted by molar-refractivity contribution is 5.80. The number of nitrogens with one attached hydrogen (secondary N) is 1. The first-order chi connectivity index (χ1) is 9.64. The third-order valence-electron chi connectivity index (χ3n) is 3.58. The Labute approximate surface area is 122 Å². The minimum atomic E-state index is -1.03. The van der Waals surface area contributed by atoms with Crippen LogP contribution in [0.4, 0.5) is 8.78 Å². The number of hydrogen-bond acceptors (Lipinski definition) is 2. The topological polar surface area (TPSA) is 66.4 Å². The smallest absolute Gasteiger partial charge is 0.305 e. The summed E-state index contributed by atoms with van der Waals surface area (Å²) in [5.74, 6) is -3.16. The van der Waals surface area contributed by atoms with Gasteiger partial charge in [0.05, 0.1) is 12.8 Å². The fraction of sp³-hybridized carbons (Fsp3) is 0.467. The fourth-order valence-electron chi connectivity index (χ4n) is 1.91. The molecule has 4 nitrogen and oxygen atoms in total. The molecule has 0 radical (unpaired) electrons. The van der Waals surface area contributed by atoms with Crippen molar-refractivity contribution in [3.63, 3.8) is 0 Å². The van der Waals surface area contributed by atoms with E-state index in [1.807, 2.05) is 0 Å². The van der Waals surface area contributed by atoms with Crippen LogP contribution in [0.1, 0.15) is 32.8 Å². The zero-order valence-corrected chi connectivity index (χ0v) is 12.2. The number of carboxylic acid groups (broad SMARTS) is 1. The maximum absolute atomic E-state index is 13.5. The van der Waals surface area contributed by atoms with E-state index in [0.29, 0.717) is 6.07 Å². The molecule has 116 valence electrons. The second kappa shape index (κ2) is 6.65. The average molecular weight is 299 g/mol. The van der Waals surface area contributed by atoms with Crippen LogP contribution in [0.5, 0.6) is 0 Å². The summed E-state index contributed by atoms with van der Waals surface area (Å²) in [6.45, 7) is 5.22. The molecule has 1 aromatic carbocycles. The van der Waals surface area contributed by atoms with Gasteiger partial charge in [-0.25, -0.2) is 8.78 Å². The summed E-state index contributed by atoms with van der Waals surface area (Å²) in [5.41, 5.74) is -0.866. The van der Waals surface area contributed by atoms with Gasteiger partial charge in [-0.15, -0.1) is 0 Å². The van der Waals surface area contributed by atoms with Gasteiger partial charge in [-0.05, 0) is 24.5 Å². The van der Waals surface area contributed by atoms with Crippen molar-refractivity contribution in [1.82, 2.24) is 5.32 Å². The lowest BCUT2D eigenvalue weighted by molar-refractivity contribution is -0.139. The molecule has 0 fully saturated rings. The van der Waals surface area contributed by atoms with Crippen LogP contribution in [0.3, 0.4) is 0 Å². The van der Waals surface area contributed by atoms with Crippen molar-refractivity contribution in [2.75, 3.05) is 0 Å². The van der Waals surface area contributed by atoms with E-state index in [1.54, 1.807) is 20.8 Å². The number of carbonyl (C=O) groups excluding carboxylic acids is 1. The van der Waals surface area contributed by atoms with E-state index in [-0.39, 0.29) is 24.3 Å². The van der Waals surface area contributed by atoms with E-state index < -0.39 is 29.0 Å². The molecule has 1 unspecified atom stereocenters. The summed E-state index contributed by atoms with van der Waals surface area (Å²) in [4.78, 5) is 22.9. The first-order valence-corrected chi connectivity index (χ1v) is 6.61. The van der Waals surface area contributed by atoms with E-state index in [0.717, 1.165) is 6.07 Å². The second-order valence-corrected chi connectivity index (χ2v) is 5.60. The first kappa shape index (κ1) is 17.1. The third kappa shape index (κ3) is 4.81. The Kier molecular flexibility index (Phi) is 5.41. The second-order valence-electron chi connectivity index (χ2n) is 5.60. The number of carbonyl (C=O) groups is 2. The predicted octanol–water partition coefficient (Wildman–Crippen LogP) is 2.51. The highest BCUT2D eigenvalue weighted by atomic mass is 19.1. The average Bonchev–Trinajstić information content (AvgIpc) is 2.31. The number of hydrogen-bond donors (Lipinski definition) is 2. The zero-order chi connectivity index (χ0) is 16.2. The minimum Gasteiger partial charge on any atom is -0.481 e. The molecule has 0 spiro atoms. The van der Waals surface area contributed by atoms with E-state index >= 15 is 0 Å². The lowest BCUT2D eigenvalue weighted by atomic mass is 9.85. The van der Waals surface area contributed by atoms with Crippen LogP contribution in [0.25, 0.3) is 0 Å². The number of halogens is 2. The first-order valence-electron chi connectivity index (χ1n) is 6.61. The highest BCUT2D eigenvalue weighted by Crippen LogP contribution is 2.21. The van der Waals surface area contributed by atoms with Gasteiger partial charge >= 0.3 is 5.97 Å². The molecule has 0 aliphatic carbocycles. The van der Waals surface area contributed by atoms with Crippen molar-refractivity contribution < 1.29 is 23.5 Å². The van der Waals surface area contributed by atoms with Crippen LogP contribution in [0.2, 0.25) is 0 Å². The molecule has 1 rings (SSSR count). The molecule has 1 aromatic rings. The normalized spacial score (nSPS) is 13.8. The Morgan fingerprint density at radius 3 is 2.43 bits per heavy atom. The van der Waals surface area contributed by atoms with Crippen LogP contribution >= 0.6 is 0 Å². The lowest BCUT2D eigenvalue weighted by Gasteiger charge is -2.33. The van der Waals surface area contributed by atoms with Gasteiger partial charge in [-0.1, -0.05) is 19.9 Å². The van der Waals surface area contributed by atoms with Gasteiger partial charge in [0, 0.05) is 11.6 Å². The maximum atomic E-state index is 13.5. The van der Waals surface area contributed by atoms with Crippen molar-refractivity contribution >= 4 is 11.9 Å². The van der Waals surface area contributed by atoms with Crippen molar-refractivity contribution in [3.8, 4) is 0 Å². The maximum Gasteiger partial charge on any atom is 0.305 e. The van der Waals surface area contributed by atoms with Gasteiger partial charge in [0.1, 0.15) is 11.6 Å². The molecular formula is C15H19F2NO3. The Bertz CT molecular complexity index is 546. The van der Waals surface area contributed by atoms with Crippen molar-refractivity contribution in [3.05, 3.63) is 35.4 Å². The van der Waals surface area contributed by atoms with E-state index in [9.17, 15) is 18.4 Å². The molecular weight excluding hydrogens is 280 g/mol. The molecule has 0 aliphatic rings. The Morgan fingerprint density at radius 1 is 1.33 bits per heavy atom. The summed E-state index contributed by atoms with van der Waals surface area (Å²) in [7, 11) is 0. The van der Waals surface area contributed by atoms with Crippen molar-refractivity contribution in [1.29, 1.82) is 0 Å². The summed E-state index contributed by atoms with van der Waals surface area (Å²) in [6.07, 6.45) is -0.504. The minimum absolute atomic E-state index is 0.0651. The molecule has 0 aromatic heterocycles. The summed E-state index contributed by atoms with van der Waals surface area (Å²) >= 11 is 0. The lowest BCUT2D eigenvalue weighted by Crippen LogP contribution is -2.51. The molecule has 2 N–H and O–H groups in total. The predicted molar refractivity (Wildman–Crippen MR) is 73.7 cm³/mol. The molecule has 0 aliphatic heterocycles.